The van der Waals surface area contributed by atoms with E-state index in [1.54, 1.807) is 12.1 Å². The molecule has 1 fully saturated rings. The van der Waals surface area contributed by atoms with E-state index in [4.69, 9.17) is 14.7 Å². The van der Waals surface area contributed by atoms with Crippen LogP contribution >= 0.6 is 0 Å². The lowest BCUT2D eigenvalue weighted by atomic mass is 9.95. The van der Waals surface area contributed by atoms with Gasteiger partial charge in [0.1, 0.15) is 24.5 Å². The second kappa shape index (κ2) is 3.46. The lowest BCUT2D eigenvalue weighted by molar-refractivity contribution is 0.262. The molecule has 1 aliphatic heterocycles. The average Bonchev–Trinajstić information content (AvgIpc) is 2.99. The Balaban J connectivity index is 2.05. The van der Waals surface area contributed by atoms with Gasteiger partial charge in [0.15, 0.2) is 0 Å². The Hall–Kier alpha value is -1.53. The maximum atomic E-state index is 8.74. The van der Waals surface area contributed by atoms with Crippen LogP contribution in [0, 0.1) is 11.3 Å². The van der Waals surface area contributed by atoms with Gasteiger partial charge in [-0.1, -0.05) is 12.1 Å². The molecule has 0 spiro atoms. The zero-order valence-corrected chi connectivity index (χ0v) is 7.06. The predicted molar refractivity (Wildman–Crippen MR) is 46.4 cm³/mol. The van der Waals surface area contributed by atoms with E-state index in [0.29, 0.717) is 17.9 Å². The summed E-state index contributed by atoms with van der Waals surface area (Å²) in [6.45, 7) is 1.31. The highest BCUT2D eigenvalue weighted by atomic mass is 16.5. The molecule has 1 heterocycles. The van der Waals surface area contributed by atoms with Crippen molar-refractivity contribution in [1.29, 1.82) is 5.26 Å². The molecule has 66 valence electrons. The molecule has 0 radical (unpaired) electrons. The monoisotopic (exact) mass is 174 g/mol. The molecule has 0 unspecified atom stereocenters. The van der Waals surface area contributed by atoms with Gasteiger partial charge < -0.3 is 9.47 Å². The fraction of sp³-hybridized carbons (Fsp3) is 0.300. The van der Waals surface area contributed by atoms with Crippen molar-refractivity contribution in [3.05, 3.63) is 29.8 Å². The number of nitriles is 1. The van der Waals surface area contributed by atoms with E-state index >= 15 is 0 Å². The Labute approximate surface area is 76.5 Å². The summed E-state index contributed by atoms with van der Waals surface area (Å²) in [5, 5.41) is 8.74. The molecule has 1 aromatic rings. The van der Waals surface area contributed by atoms with Crippen molar-refractivity contribution in [3.63, 3.8) is 0 Å². The lowest BCUT2D eigenvalue weighted by Gasteiger charge is -2.04. The van der Waals surface area contributed by atoms with Crippen LogP contribution in [0.4, 0.5) is 0 Å². The molecular weight excluding hydrogens is 165 g/mol. The molecule has 0 aromatic heterocycles. The van der Waals surface area contributed by atoms with Gasteiger partial charge in [-0.2, -0.15) is 5.26 Å². The number of nitrogens with zero attached hydrogens (tertiary/aromatic N) is 1. The summed E-state index contributed by atoms with van der Waals surface area (Å²) in [5.74, 6) is 0.639. The third kappa shape index (κ3) is 1.98. The summed E-state index contributed by atoms with van der Waals surface area (Å²) in [6.07, 6.45) is 0.228. The van der Waals surface area contributed by atoms with E-state index in [1.807, 2.05) is 12.1 Å². The first kappa shape index (κ1) is 8.09. The summed E-state index contributed by atoms with van der Waals surface area (Å²) in [5.41, 5.74) is 0.572. The Morgan fingerprint density at radius 1 is 1.54 bits per heavy atom. The Morgan fingerprint density at radius 3 is 3.00 bits per heavy atom. The van der Waals surface area contributed by atoms with Gasteiger partial charge in [0, 0.05) is 0 Å². The molecule has 3 heteroatoms. The van der Waals surface area contributed by atoms with Crippen molar-refractivity contribution in [2.75, 3.05) is 13.2 Å². The minimum absolute atomic E-state index is 0.228. The quantitative estimate of drug-likeness (QED) is 0.649. The lowest BCUT2D eigenvalue weighted by Crippen LogP contribution is -2.04. The van der Waals surface area contributed by atoms with E-state index in [1.165, 1.54) is 0 Å². The van der Waals surface area contributed by atoms with Crippen molar-refractivity contribution in [3.8, 4) is 11.8 Å². The molecule has 1 aromatic carbocycles. The minimum atomic E-state index is 0.228. The van der Waals surface area contributed by atoms with Gasteiger partial charge in [0.25, 0.3) is 0 Å². The van der Waals surface area contributed by atoms with Crippen LogP contribution in [0.3, 0.4) is 0 Å². The molecule has 0 bridgehead atoms. The summed E-state index contributed by atoms with van der Waals surface area (Å²) in [7, 11) is 0. The van der Waals surface area contributed by atoms with Crippen LogP contribution in [0.25, 0.3) is 0 Å². The van der Waals surface area contributed by atoms with Crippen LogP contribution in [0.5, 0.6) is 5.75 Å². The zero-order chi connectivity index (χ0) is 9.10. The number of epoxide rings is 1. The van der Waals surface area contributed by atoms with Gasteiger partial charge in [-0.25, -0.2) is 0 Å². The first-order valence-electron chi connectivity index (χ1n) is 4.13. The van der Waals surface area contributed by atoms with Crippen molar-refractivity contribution < 1.29 is 9.47 Å². The zero-order valence-electron chi connectivity index (χ0n) is 7.06. The van der Waals surface area contributed by atoms with Crippen LogP contribution in [0.1, 0.15) is 5.56 Å². The van der Waals surface area contributed by atoms with E-state index in [2.05, 4.69) is 6.07 Å². The highest BCUT2D eigenvalue weighted by Crippen LogP contribution is 2.18. The van der Waals surface area contributed by atoms with E-state index < -0.39 is 0 Å². The van der Waals surface area contributed by atoms with Crippen molar-refractivity contribution in [2.24, 2.45) is 0 Å². The molecule has 13 heavy (non-hydrogen) atoms. The van der Waals surface area contributed by atoms with Gasteiger partial charge in [-0.05, 0) is 12.1 Å². The Morgan fingerprint density at radius 2 is 2.31 bits per heavy atom. The summed E-state index contributed by atoms with van der Waals surface area (Å²) >= 11 is 0. The van der Waals surface area contributed by atoms with Crippen molar-refractivity contribution >= 4 is 0 Å². The minimum Gasteiger partial charge on any atom is -0.489 e. The van der Waals surface area contributed by atoms with Crippen molar-refractivity contribution in [1.82, 2.24) is 0 Å². The van der Waals surface area contributed by atoms with Gasteiger partial charge in [-0.3, -0.25) is 0 Å². The Bertz CT molecular complexity index is 339. The Kier molecular flexibility index (Phi) is 2.15. The highest BCUT2D eigenvalue weighted by molar-refractivity contribution is 5.42. The van der Waals surface area contributed by atoms with Gasteiger partial charge in [0.2, 0.25) is 0 Å². The second-order valence-corrected chi connectivity index (χ2v) is 2.87. The molecule has 0 N–H and O–H groups in total. The van der Waals surface area contributed by atoms with Crippen LogP contribution in [-0.2, 0) is 4.74 Å². The molecule has 1 atom stereocenters. The normalized spacial score (nSPS) is 19.2. The number of ether oxygens (including phenoxy) is 2. The smallest absolute Gasteiger partial charge is 0.137 e. The third-order valence-corrected chi connectivity index (χ3v) is 1.83. The maximum Gasteiger partial charge on any atom is 0.137 e. The fourth-order valence-electron chi connectivity index (χ4n) is 1.03. The maximum absolute atomic E-state index is 8.74. The first-order valence-corrected chi connectivity index (χ1v) is 4.13. The number of para-hydroxylation sites is 1. The molecule has 0 aliphatic carbocycles. The highest BCUT2D eigenvalue weighted by Gasteiger charge is 2.23. The molecule has 1 saturated heterocycles. The standard InChI is InChI=1S/C10H9NO2/c11-5-8-3-1-2-4-10(8)13-7-9-6-12-9/h1-4,9H,6-7H2/t9-/m0/s1/i9-1. The third-order valence-electron chi connectivity index (χ3n) is 1.83. The summed E-state index contributed by atoms with van der Waals surface area (Å²) in [4.78, 5) is 0. The first-order chi connectivity index (χ1) is 6.40. The topological polar surface area (TPSA) is 45.5 Å². The second-order valence-electron chi connectivity index (χ2n) is 2.87. The molecule has 0 saturated carbocycles. The predicted octanol–water partition coefficient (Wildman–Crippen LogP) is 1.34. The van der Waals surface area contributed by atoms with Gasteiger partial charge in [-0.15, -0.1) is 0 Å². The SMILES string of the molecule is N#Cc1ccccc1OC[11C@@H]1CO1. The van der Waals surface area contributed by atoms with E-state index in [9.17, 15) is 0 Å². The fourth-order valence-corrected chi connectivity index (χ4v) is 1.03. The van der Waals surface area contributed by atoms with Crippen LogP contribution in [0.2, 0.25) is 0 Å². The number of benzene rings is 1. The van der Waals surface area contributed by atoms with E-state index in [-0.39, 0.29) is 6.10 Å². The van der Waals surface area contributed by atoms with Gasteiger partial charge >= 0.3 is 0 Å². The summed E-state index contributed by atoms with van der Waals surface area (Å²) < 4.78 is 10.4. The van der Waals surface area contributed by atoms with Crippen LogP contribution < -0.4 is 4.74 Å². The number of hydrogen-bond donors (Lipinski definition) is 0. The number of hydrogen-bond acceptors (Lipinski definition) is 3. The van der Waals surface area contributed by atoms with Crippen molar-refractivity contribution in [2.45, 2.75) is 6.10 Å². The molecule has 0 amide bonds. The number of rotatable bonds is 3. The average molecular weight is 174 g/mol. The van der Waals surface area contributed by atoms with Crippen LogP contribution in [-0.4, -0.2) is 19.3 Å². The molecule has 2 rings (SSSR count). The summed E-state index contributed by atoms with van der Waals surface area (Å²) in [6, 6.07) is 9.28. The molecule has 3 nitrogen and oxygen atoms in total. The molecule has 1 aliphatic rings. The van der Waals surface area contributed by atoms with E-state index in [0.717, 1.165) is 6.61 Å². The van der Waals surface area contributed by atoms with Gasteiger partial charge in [0.05, 0.1) is 12.2 Å². The molecular formula is C10H9NO2. The largest absolute Gasteiger partial charge is 0.489 e. The van der Waals surface area contributed by atoms with Crippen LogP contribution in [0.15, 0.2) is 24.3 Å².